The van der Waals surface area contributed by atoms with Crippen LogP contribution >= 0.6 is 0 Å². The van der Waals surface area contributed by atoms with Crippen molar-refractivity contribution in [2.75, 3.05) is 0 Å². The van der Waals surface area contributed by atoms with Gasteiger partial charge in [0.1, 0.15) is 5.82 Å². The van der Waals surface area contributed by atoms with Crippen molar-refractivity contribution in [1.82, 2.24) is 0 Å². The first kappa shape index (κ1) is 10.4. The Kier molecular flexibility index (Phi) is 2.23. The molecule has 0 aromatic heterocycles. The first-order chi connectivity index (χ1) is 8.25. The lowest BCUT2D eigenvalue weighted by Gasteiger charge is -2.12. The Balaban J connectivity index is 2.14. The molecule has 1 aliphatic rings. The first-order valence-electron chi connectivity index (χ1n) is 5.37. The van der Waals surface area contributed by atoms with E-state index in [2.05, 4.69) is 0 Å². The van der Waals surface area contributed by atoms with Crippen LogP contribution in [0.2, 0.25) is 0 Å². The summed E-state index contributed by atoms with van der Waals surface area (Å²) in [7, 11) is 0. The molecule has 2 unspecified atom stereocenters. The lowest BCUT2D eigenvalue weighted by Crippen LogP contribution is -2.15. The molecule has 1 heterocycles. The first-order valence-corrected chi connectivity index (χ1v) is 5.37. The summed E-state index contributed by atoms with van der Waals surface area (Å²) in [6, 6.07) is 15.0. The van der Waals surface area contributed by atoms with E-state index >= 15 is 0 Å². The van der Waals surface area contributed by atoms with E-state index in [4.69, 9.17) is 4.74 Å². The van der Waals surface area contributed by atoms with Crippen molar-refractivity contribution in [3.63, 3.8) is 0 Å². The molecule has 17 heavy (non-hydrogen) atoms. The second-order valence-electron chi connectivity index (χ2n) is 4.02. The Morgan fingerprint density at radius 2 is 1.53 bits per heavy atom. The molecule has 0 saturated carbocycles. The summed E-state index contributed by atoms with van der Waals surface area (Å²) in [5.41, 5.74) is -0.372. The fourth-order valence-corrected chi connectivity index (χ4v) is 2.12. The Morgan fingerprint density at radius 1 is 0.941 bits per heavy atom. The van der Waals surface area contributed by atoms with E-state index in [0.717, 1.165) is 0 Å². The van der Waals surface area contributed by atoms with Crippen LogP contribution in [0.15, 0.2) is 54.6 Å². The zero-order chi connectivity index (χ0) is 11.9. The second kappa shape index (κ2) is 3.64. The van der Waals surface area contributed by atoms with E-state index < -0.39 is 17.8 Å². The quantitative estimate of drug-likeness (QED) is 0.723. The maximum Gasteiger partial charge on any atom is 0.238 e. The third-order valence-corrected chi connectivity index (χ3v) is 3.03. The van der Waals surface area contributed by atoms with Gasteiger partial charge in [0.05, 0.1) is 0 Å². The monoisotopic (exact) mass is 232 g/mol. The van der Waals surface area contributed by atoms with Crippen molar-refractivity contribution in [2.45, 2.75) is 12.0 Å². The van der Waals surface area contributed by atoms with Gasteiger partial charge in [-0.2, -0.15) is 0 Å². The van der Waals surface area contributed by atoms with E-state index in [-0.39, 0.29) is 5.56 Å². The topological polar surface area (TPSA) is 12.5 Å². The van der Waals surface area contributed by atoms with Crippen LogP contribution in [-0.4, -0.2) is 6.36 Å². The zero-order valence-corrected chi connectivity index (χ0v) is 8.94. The standard InChI is InChI=1S/C14H10F2O/c15-12-9-5-4-8-11(12)14(13(16)17-14)10-6-2-1-3-7-10/h1-9,13H. The summed E-state index contributed by atoms with van der Waals surface area (Å²) in [4.78, 5) is 0. The van der Waals surface area contributed by atoms with Crippen LogP contribution < -0.4 is 0 Å². The van der Waals surface area contributed by atoms with Gasteiger partial charge >= 0.3 is 0 Å². The SMILES string of the molecule is Fc1ccccc1C1(c2ccccc2)OC1F. The Hall–Kier alpha value is -1.74. The molecule has 0 N–H and O–H groups in total. The van der Waals surface area contributed by atoms with Crippen molar-refractivity contribution in [1.29, 1.82) is 0 Å². The van der Waals surface area contributed by atoms with E-state index in [0.29, 0.717) is 5.56 Å². The highest BCUT2D eigenvalue weighted by Crippen LogP contribution is 2.52. The van der Waals surface area contributed by atoms with E-state index in [1.165, 1.54) is 6.07 Å². The average Bonchev–Trinajstić information content (AvgIpc) is 3.04. The van der Waals surface area contributed by atoms with Crippen molar-refractivity contribution >= 4 is 0 Å². The smallest absolute Gasteiger partial charge is 0.238 e. The lowest BCUT2D eigenvalue weighted by molar-refractivity contribution is 0.254. The van der Waals surface area contributed by atoms with Crippen LogP contribution in [-0.2, 0) is 10.3 Å². The van der Waals surface area contributed by atoms with Crippen LogP contribution in [0, 0.1) is 5.82 Å². The third-order valence-electron chi connectivity index (χ3n) is 3.03. The minimum atomic E-state index is -1.48. The van der Waals surface area contributed by atoms with Crippen LogP contribution in [0.25, 0.3) is 0 Å². The van der Waals surface area contributed by atoms with Gasteiger partial charge in [0, 0.05) is 5.56 Å². The lowest BCUT2D eigenvalue weighted by atomic mass is 9.91. The third kappa shape index (κ3) is 1.46. The maximum atomic E-state index is 13.7. The molecule has 0 aliphatic carbocycles. The maximum absolute atomic E-state index is 13.7. The summed E-state index contributed by atoms with van der Waals surface area (Å²) >= 11 is 0. The van der Waals surface area contributed by atoms with Crippen molar-refractivity contribution in [3.05, 3.63) is 71.5 Å². The van der Waals surface area contributed by atoms with E-state index in [9.17, 15) is 8.78 Å². The molecule has 1 nitrogen and oxygen atoms in total. The van der Waals surface area contributed by atoms with Gasteiger partial charge in [-0.15, -0.1) is 0 Å². The van der Waals surface area contributed by atoms with Gasteiger partial charge in [-0.1, -0.05) is 48.5 Å². The predicted molar refractivity (Wildman–Crippen MR) is 59.6 cm³/mol. The highest BCUT2D eigenvalue weighted by atomic mass is 19.2. The Labute approximate surface area is 97.7 Å². The normalized spacial score (nSPS) is 26.8. The molecule has 3 rings (SSSR count). The molecule has 1 fully saturated rings. The summed E-state index contributed by atoms with van der Waals surface area (Å²) in [6.45, 7) is 0. The zero-order valence-electron chi connectivity index (χ0n) is 8.94. The number of benzene rings is 2. The fraction of sp³-hybridized carbons (Fsp3) is 0.143. The van der Waals surface area contributed by atoms with Gasteiger partial charge in [0.2, 0.25) is 6.36 Å². The van der Waals surface area contributed by atoms with Gasteiger partial charge in [-0.05, 0) is 11.6 Å². The summed E-state index contributed by atoms with van der Waals surface area (Å²) in [5.74, 6) is -0.448. The van der Waals surface area contributed by atoms with E-state index in [1.807, 2.05) is 6.07 Å². The molecule has 2 aromatic carbocycles. The van der Waals surface area contributed by atoms with Crippen LogP contribution in [0.5, 0.6) is 0 Å². The molecule has 86 valence electrons. The van der Waals surface area contributed by atoms with Crippen LogP contribution in [0.1, 0.15) is 11.1 Å². The van der Waals surface area contributed by atoms with Crippen LogP contribution in [0.3, 0.4) is 0 Å². The van der Waals surface area contributed by atoms with Crippen molar-refractivity contribution < 1.29 is 13.5 Å². The number of alkyl halides is 1. The van der Waals surface area contributed by atoms with Gasteiger partial charge in [0.25, 0.3) is 0 Å². The summed E-state index contributed by atoms with van der Waals surface area (Å²) in [6.07, 6.45) is -1.48. The number of epoxide rings is 1. The molecule has 2 aromatic rings. The largest absolute Gasteiger partial charge is 0.323 e. The molecule has 1 saturated heterocycles. The number of rotatable bonds is 2. The van der Waals surface area contributed by atoms with Crippen molar-refractivity contribution in [2.24, 2.45) is 0 Å². The molecular weight excluding hydrogens is 222 g/mol. The van der Waals surface area contributed by atoms with Gasteiger partial charge < -0.3 is 4.74 Å². The van der Waals surface area contributed by atoms with Gasteiger partial charge in [-0.3, -0.25) is 0 Å². The molecule has 0 bridgehead atoms. The average molecular weight is 232 g/mol. The number of hydrogen-bond donors (Lipinski definition) is 0. The second-order valence-corrected chi connectivity index (χ2v) is 4.02. The number of hydrogen-bond acceptors (Lipinski definition) is 1. The summed E-state index contributed by atoms with van der Waals surface area (Å²) < 4.78 is 32.4. The van der Waals surface area contributed by atoms with Crippen LogP contribution in [0.4, 0.5) is 8.78 Å². The molecule has 1 aliphatic heterocycles. The predicted octanol–water partition coefficient (Wildman–Crippen LogP) is 3.40. The van der Waals surface area contributed by atoms with Gasteiger partial charge in [-0.25, -0.2) is 8.78 Å². The Bertz CT molecular complexity index is 541. The molecule has 3 heteroatoms. The number of halogens is 2. The van der Waals surface area contributed by atoms with Crippen molar-refractivity contribution in [3.8, 4) is 0 Å². The fourth-order valence-electron chi connectivity index (χ4n) is 2.12. The highest BCUT2D eigenvalue weighted by molar-refractivity contribution is 5.42. The minimum Gasteiger partial charge on any atom is -0.323 e. The molecule has 0 radical (unpaired) electrons. The molecule has 2 atom stereocenters. The van der Waals surface area contributed by atoms with Gasteiger partial charge in [0.15, 0.2) is 5.60 Å². The molecule has 0 amide bonds. The number of ether oxygens (including phenoxy) is 1. The summed E-state index contributed by atoms with van der Waals surface area (Å²) in [5, 5.41) is 0. The Morgan fingerprint density at radius 3 is 2.12 bits per heavy atom. The molecule has 0 spiro atoms. The highest BCUT2D eigenvalue weighted by Gasteiger charge is 2.61. The minimum absolute atomic E-state index is 0.249. The van der Waals surface area contributed by atoms with E-state index in [1.54, 1.807) is 42.5 Å². The molecular formula is C14H10F2O.